The lowest BCUT2D eigenvalue weighted by molar-refractivity contribution is 0.363. The standard InChI is InChI=1S/C9H9BrO.C6H5BrO/c1-2-6-11-9-5-3-4-8(10)7-9;7-5-2-1-3-6(8)4-5/h2-5,7H,1,6H2;1-4,8H. The van der Waals surface area contributed by atoms with Crippen LogP contribution in [0.25, 0.3) is 0 Å². The minimum atomic E-state index is 0.291. The summed E-state index contributed by atoms with van der Waals surface area (Å²) in [7, 11) is 0. The molecule has 0 aliphatic heterocycles. The number of halogens is 2. The van der Waals surface area contributed by atoms with Gasteiger partial charge in [-0.25, -0.2) is 0 Å². The van der Waals surface area contributed by atoms with Crippen molar-refractivity contribution in [1.82, 2.24) is 0 Å². The molecule has 2 nitrogen and oxygen atoms in total. The molecule has 0 amide bonds. The average molecular weight is 386 g/mol. The SMILES string of the molecule is C=CCOc1cccc(Br)c1.Oc1cccc(Br)c1. The molecule has 0 atom stereocenters. The van der Waals surface area contributed by atoms with E-state index in [9.17, 15) is 0 Å². The molecular formula is C15H14Br2O2. The number of hydrogen-bond donors (Lipinski definition) is 1. The molecule has 1 N–H and O–H groups in total. The van der Waals surface area contributed by atoms with Crippen LogP contribution < -0.4 is 4.74 Å². The highest BCUT2D eigenvalue weighted by Crippen LogP contribution is 2.17. The molecule has 0 radical (unpaired) electrons. The largest absolute Gasteiger partial charge is 0.508 e. The molecule has 0 saturated carbocycles. The molecular weight excluding hydrogens is 372 g/mol. The van der Waals surface area contributed by atoms with Crippen molar-refractivity contribution in [2.24, 2.45) is 0 Å². The number of phenols is 1. The molecule has 4 heteroatoms. The first-order valence-electron chi connectivity index (χ1n) is 5.55. The zero-order chi connectivity index (χ0) is 14.1. The first-order valence-corrected chi connectivity index (χ1v) is 7.14. The fourth-order valence-corrected chi connectivity index (χ4v) is 1.95. The van der Waals surface area contributed by atoms with E-state index in [1.165, 1.54) is 0 Å². The number of aromatic hydroxyl groups is 1. The molecule has 0 fully saturated rings. The molecule has 0 spiro atoms. The van der Waals surface area contributed by atoms with E-state index in [2.05, 4.69) is 38.4 Å². The van der Waals surface area contributed by atoms with Crippen LogP contribution >= 0.6 is 31.9 Å². The normalized spacial score (nSPS) is 9.16. The Morgan fingerprint density at radius 3 is 2.16 bits per heavy atom. The van der Waals surface area contributed by atoms with Crippen LogP contribution in [0.5, 0.6) is 11.5 Å². The molecule has 0 bridgehead atoms. The molecule has 0 unspecified atom stereocenters. The monoisotopic (exact) mass is 384 g/mol. The summed E-state index contributed by atoms with van der Waals surface area (Å²) in [5, 5.41) is 8.78. The summed E-state index contributed by atoms with van der Waals surface area (Å²) in [6.07, 6.45) is 1.72. The molecule has 2 rings (SSSR count). The summed E-state index contributed by atoms with van der Waals surface area (Å²) in [5.74, 6) is 1.15. The average Bonchev–Trinajstić information content (AvgIpc) is 2.37. The van der Waals surface area contributed by atoms with Crippen LogP contribution in [-0.4, -0.2) is 11.7 Å². The Hall–Kier alpha value is -1.26. The Kier molecular flexibility index (Phi) is 7.30. The van der Waals surface area contributed by atoms with Crippen molar-refractivity contribution >= 4 is 31.9 Å². The highest BCUT2D eigenvalue weighted by molar-refractivity contribution is 9.10. The van der Waals surface area contributed by atoms with Gasteiger partial charge >= 0.3 is 0 Å². The summed E-state index contributed by atoms with van der Waals surface area (Å²) in [4.78, 5) is 0. The first kappa shape index (κ1) is 15.8. The van der Waals surface area contributed by atoms with Gasteiger partial charge in [0.25, 0.3) is 0 Å². The summed E-state index contributed by atoms with van der Waals surface area (Å²) in [5.41, 5.74) is 0. The van der Waals surface area contributed by atoms with Crippen LogP contribution in [0.15, 0.2) is 70.1 Å². The summed E-state index contributed by atoms with van der Waals surface area (Å²) in [6, 6.07) is 14.6. The highest BCUT2D eigenvalue weighted by atomic mass is 79.9. The quantitative estimate of drug-likeness (QED) is 0.738. The van der Waals surface area contributed by atoms with E-state index in [-0.39, 0.29) is 0 Å². The third-order valence-electron chi connectivity index (χ3n) is 1.97. The van der Waals surface area contributed by atoms with Gasteiger partial charge in [0.05, 0.1) is 0 Å². The Balaban J connectivity index is 0.000000200. The van der Waals surface area contributed by atoms with Gasteiger partial charge in [0.15, 0.2) is 0 Å². The van der Waals surface area contributed by atoms with Gasteiger partial charge in [-0.1, -0.05) is 56.6 Å². The number of ether oxygens (including phenoxy) is 1. The summed E-state index contributed by atoms with van der Waals surface area (Å²) >= 11 is 6.55. The fraction of sp³-hybridized carbons (Fsp3) is 0.0667. The van der Waals surface area contributed by atoms with Gasteiger partial charge in [0.2, 0.25) is 0 Å². The second kappa shape index (κ2) is 8.77. The van der Waals surface area contributed by atoms with Crippen LogP contribution in [0.1, 0.15) is 0 Å². The molecule has 0 aliphatic carbocycles. The third-order valence-corrected chi connectivity index (χ3v) is 2.96. The zero-order valence-electron chi connectivity index (χ0n) is 10.2. The zero-order valence-corrected chi connectivity index (χ0v) is 13.4. The number of hydrogen-bond acceptors (Lipinski definition) is 2. The van der Waals surface area contributed by atoms with E-state index in [4.69, 9.17) is 9.84 Å². The maximum atomic E-state index is 8.78. The van der Waals surface area contributed by atoms with E-state index in [0.29, 0.717) is 12.4 Å². The van der Waals surface area contributed by atoms with Gasteiger partial charge in [0.1, 0.15) is 18.1 Å². The minimum absolute atomic E-state index is 0.291. The van der Waals surface area contributed by atoms with Crippen molar-refractivity contribution in [2.45, 2.75) is 0 Å². The topological polar surface area (TPSA) is 29.5 Å². The maximum absolute atomic E-state index is 8.78. The number of benzene rings is 2. The highest BCUT2D eigenvalue weighted by Gasteiger charge is 1.91. The molecule has 0 aromatic heterocycles. The number of phenolic OH excluding ortho intramolecular Hbond substituents is 1. The van der Waals surface area contributed by atoms with Gasteiger partial charge in [-0.3, -0.25) is 0 Å². The summed E-state index contributed by atoms with van der Waals surface area (Å²) < 4.78 is 7.22. The van der Waals surface area contributed by atoms with Crippen LogP contribution in [0, 0.1) is 0 Å². The van der Waals surface area contributed by atoms with Crippen molar-refractivity contribution in [2.75, 3.05) is 6.61 Å². The lowest BCUT2D eigenvalue weighted by Crippen LogP contribution is -1.91. The van der Waals surface area contributed by atoms with Crippen LogP contribution in [-0.2, 0) is 0 Å². The van der Waals surface area contributed by atoms with Crippen molar-refractivity contribution in [3.8, 4) is 11.5 Å². The molecule has 19 heavy (non-hydrogen) atoms. The molecule has 2 aromatic carbocycles. The maximum Gasteiger partial charge on any atom is 0.120 e. The third kappa shape index (κ3) is 7.03. The lowest BCUT2D eigenvalue weighted by atomic mass is 10.3. The van der Waals surface area contributed by atoms with Gasteiger partial charge in [-0.2, -0.15) is 0 Å². The van der Waals surface area contributed by atoms with Gasteiger partial charge < -0.3 is 9.84 Å². The molecule has 2 aromatic rings. The van der Waals surface area contributed by atoms with Crippen LogP contribution in [0.3, 0.4) is 0 Å². The van der Waals surface area contributed by atoms with Gasteiger partial charge in [0, 0.05) is 8.95 Å². The van der Waals surface area contributed by atoms with Crippen molar-refractivity contribution < 1.29 is 9.84 Å². The van der Waals surface area contributed by atoms with E-state index in [1.807, 2.05) is 30.3 Å². The fourth-order valence-electron chi connectivity index (χ4n) is 1.19. The second-order valence-electron chi connectivity index (χ2n) is 3.54. The molecule has 0 heterocycles. The van der Waals surface area contributed by atoms with Crippen molar-refractivity contribution in [3.63, 3.8) is 0 Å². The van der Waals surface area contributed by atoms with E-state index in [1.54, 1.807) is 24.3 Å². The Labute approximate surface area is 130 Å². The molecule has 100 valence electrons. The predicted octanol–water partition coefficient (Wildman–Crippen LogP) is 5.17. The Morgan fingerprint density at radius 2 is 1.68 bits per heavy atom. The van der Waals surface area contributed by atoms with Crippen LogP contribution in [0.4, 0.5) is 0 Å². The van der Waals surface area contributed by atoms with Gasteiger partial charge in [-0.05, 0) is 36.4 Å². The van der Waals surface area contributed by atoms with E-state index >= 15 is 0 Å². The molecule has 0 aliphatic rings. The second-order valence-corrected chi connectivity index (χ2v) is 5.37. The van der Waals surface area contributed by atoms with E-state index < -0.39 is 0 Å². The van der Waals surface area contributed by atoms with Crippen molar-refractivity contribution in [3.05, 3.63) is 70.1 Å². The molecule has 0 saturated heterocycles. The van der Waals surface area contributed by atoms with Crippen LogP contribution in [0.2, 0.25) is 0 Å². The van der Waals surface area contributed by atoms with Gasteiger partial charge in [-0.15, -0.1) is 0 Å². The predicted molar refractivity (Wildman–Crippen MR) is 85.6 cm³/mol. The summed E-state index contributed by atoms with van der Waals surface area (Å²) in [6.45, 7) is 4.11. The van der Waals surface area contributed by atoms with Crippen molar-refractivity contribution in [1.29, 1.82) is 0 Å². The minimum Gasteiger partial charge on any atom is -0.508 e. The lowest BCUT2D eigenvalue weighted by Gasteiger charge is -2.01. The number of rotatable bonds is 3. The Bertz CT molecular complexity index is 510. The first-order chi connectivity index (χ1) is 9.11. The smallest absolute Gasteiger partial charge is 0.120 e. The Morgan fingerprint density at radius 1 is 1.05 bits per heavy atom. The van der Waals surface area contributed by atoms with E-state index in [0.717, 1.165) is 14.7 Å².